The number of hydrogen-bond acceptors (Lipinski definition) is 2. The highest BCUT2D eigenvalue weighted by Crippen LogP contribution is 2.64. The van der Waals surface area contributed by atoms with Crippen molar-refractivity contribution in [2.24, 2.45) is 23.7 Å². The van der Waals surface area contributed by atoms with Crippen LogP contribution in [0.25, 0.3) is 0 Å². The molecule has 32 heavy (non-hydrogen) atoms. The van der Waals surface area contributed by atoms with E-state index in [4.69, 9.17) is 0 Å². The average molecular weight is 430 g/mol. The Balaban J connectivity index is 1.23. The van der Waals surface area contributed by atoms with E-state index < -0.39 is 0 Å². The van der Waals surface area contributed by atoms with Crippen LogP contribution in [0.4, 0.5) is 0 Å². The Kier molecular flexibility index (Phi) is 5.13. The number of likely N-dealkylation sites (tertiary alicyclic amines) is 1. The normalized spacial score (nSPS) is 36.4. The summed E-state index contributed by atoms with van der Waals surface area (Å²) in [6, 6.07) is 21.7. The second kappa shape index (κ2) is 8.02. The van der Waals surface area contributed by atoms with Gasteiger partial charge in [0.2, 0.25) is 5.91 Å². The van der Waals surface area contributed by atoms with Crippen LogP contribution < -0.4 is 0 Å². The molecule has 1 heterocycles. The Morgan fingerprint density at radius 3 is 1.94 bits per heavy atom. The minimum absolute atomic E-state index is 0.0399. The summed E-state index contributed by atoms with van der Waals surface area (Å²) in [7, 11) is 0. The molecule has 2 aromatic rings. The summed E-state index contributed by atoms with van der Waals surface area (Å²) in [5.41, 5.74) is 2.75. The van der Waals surface area contributed by atoms with Gasteiger partial charge in [0.05, 0.1) is 6.10 Å². The van der Waals surface area contributed by atoms with Gasteiger partial charge in [-0.15, -0.1) is 0 Å². The van der Waals surface area contributed by atoms with E-state index in [2.05, 4.69) is 65.6 Å². The monoisotopic (exact) mass is 429 g/mol. The summed E-state index contributed by atoms with van der Waals surface area (Å²) in [6.45, 7) is 1.76. The first-order valence-corrected chi connectivity index (χ1v) is 12.7. The van der Waals surface area contributed by atoms with Crippen molar-refractivity contribution in [3.8, 4) is 0 Å². The van der Waals surface area contributed by atoms with Crippen molar-refractivity contribution in [1.82, 2.24) is 4.90 Å². The quantitative estimate of drug-likeness (QED) is 0.730. The minimum Gasteiger partial charge on any atom is -0.393 e. The Labute approximate surface area is 191 Å². The van der Waals surface area contributed by atoms with Crippen LogP contribution in [0.3, 0.4) is 0 Å². The number of nitrogens with zero attached hydrogens (tertiary/aromatic N) is 1. The zero-order valence-corrected chi connectivity index (χ0v) is 18.9. The number of benzene rings is 2. The fourth-order valence-corrected chi connectivity index (χ4v) is 8.12. The molecule has 0 unspecified atom stereocenters. The first-order valence-electron chi connectivity index (χ1n) is 12.7. The Morgan fingerprint density at radius 1 is 0.844 bits per heavy atom. The van der Waals surface area contributed by atoms with Crippen molar-refractivity contribution >= 4 is 5.91 Å². The molecular formula is C29H35NO2. The maximum Gasteiger partial charge on any atom is 0.223 e. The number of carbonyl (C=O) groups excluding carboxylic acids is 1. The third kappa shape index (κ3) is 3.23. The molecule has 168 valence electrons. The molecule has 0 aromatic heterocycles. The zero-order valence-electron chi connectivity index (χ0n) is 18.9. The lowest BCUT2D eigenvalue weighted by Gasteiger charge is -2.63. The van der Waals surface area contributed by atoms with Gasteiger partial charge in [-0.1, -0.05) is 60.7 Å². The van der Waals surface area contributed by atoms with Crippen molar-refractivity contribution in [3.05, 3.63) is 71.8 Å². The zero-order chi connectivity index (χ0) is 21.7. The van der Waals surface area contributed by atoms with Crippen molar-refractivity contribution in [2.45, 2.75) is 62.4 Å². The van der Waals surface area contributed by atoms with E-state index in [1.54, 1.807) is 0 Å². The van der Waals surface area contributed by atoms with Gasteiger partial charge in [0.1, 0.15) is 0 Å². The molecule has 4 aliphatic carbocycles. The van der Waals surface area contributed by atoms with Crippen LogP contribution in [0.2, 0.25) is 0 Å². The van der Waals surface area contributed by atoms with E-state index in [1.165, 1.54) is 11.1 Å². The fourth-order valence-electron chi connectivity index (χ4n) is 8.12. The summed E-state index contributed by atoms with van der Waals surface area (Å²) >= 11 is 0. The second-order valence-electron chi connectivity index (χ2n) is 11.0. The number of amides is 1. The van der Waals surface area contributed by atoms with Gasteiger partial charge in [0, 0.05) is 24.9 Å². The largest absolute Gasteiger partial charge is 0.393 e. The molecule has 0 radical (unpaired) electrons. The molecule has 0 spiro atoms. The van der Waals surface area contributed by atoms with Crippen LogP contribution in [-0.2, 0) is 10.2 Å². The summed E-state index contributed by atoms with van der Waals surface area (Å²) in [5, 5.41) is 10.7. The highest BCUT2D eigenvalue weighted by atomic mass is 16.3. The molecule has 4 saturated carbocycles. The summed E-state index contributed by atoms with van der Waals surface area (Å²) in [4.78, 5) is 15.9. The highest BCUT2D eigenvalue weighted by molar-refractivity contribution is 5.78. The van der Waals surface area contributed by atoms with Crippen molar-refractivity contribution in [2.75, 3.05) is 13.1 Å². The number of rotatable bonds is 4. The van der Waals surface area contributed by atoms with Crippen molar-refractivity contribution in [3.63, 3.8) is 0 Å². The van der Waals surface area contributed by atoms with E-state index in [0.29, 0.717) is 41.9 Å². The SMILES string of the molecule is O=C(CC1(c2ccccc2)C2CC3CC1CC(C2)C3O)N1CCC(c2ccccc2)CC1. The van der Waals surface area contributed by atoms with E-state index in [1.807, 2.05) is 0 Å². The molecule has 5 fully saturated rings. The number of aliphatic hydroxyl groups is 1. The summed E-state index contributed by atoms with van der Waals surface area (Å²) < 4.78 is 0. The Bertz CT molecular complexity index is 918. The van der Waals surface area contributed by atoms with Gasteiger partial charge in [-0.3, -0.25) is 4.79 Å². The van der Waals surface area contributed by atoms with Gasteiger partial charge in [0.15, 0.2) is 0 Å². The minimum atomic E-state index is -0.107. The molecule has 7 rings (SSSR count). The Morgan fingerprint density at radius 2 is 1.38 bits per heavy atom. The smallest absolute Gasteiger partial charge is 0.223 e. The maximum atomic E-state index is 13.8. The molecule has 2 aromatic carbocycles. The van der Waals surface area contributed by atoms with Crippen molar-refractivity contribution in [1.29, 1.82) is 0 Å². The summed E-state index contributed by atoms with van der Waals surface area (Å²) in [5.74, 6) is 2.89. The van der Waals surface area contributed by atoms with Gasteiger partial charge in [-0.2, -0.15) is 0 Å². The molecule has 3 heteroatoms. The van der Waals surface area contributed by atoms with Gasteiger partial charge in [-0.25, -0.2) is 0 Å². The first kappa shape index (κ1) is 20.5. The fraction of sp³-hybridized carbons (Fsp3) is 0.552. The van der Waals surface area contributed by atoms with E-state index in [0.717, 1.165) is 51.6 Å². The van der Waals surface area contributed by atoms with Crippen LogP contribution in [0, 0.1) is 23.7 Å². The van der Waals surface area contributed by atoms with Gasteiger partial charge in [-0.05, 0) is 79.2 Å². The molecular weight excluding hydrogens is 394 g/mol. The van der Waals surface area contributed by atoms with E-state index in [-0.39, 0.29) is 11.5 Å². The third-order valence-corrected chi connectivity index (χ3v) is 9.65. The van der Waals surface area contributed by atoms with E-state index in [9.17, 15) is 9.90 Å². The molecule has 5 aliphatic rings. The van der Waals surface area contributed by atoms with Crippen LogP contribution in [-0.4, -0.2) is 35.1 Å². The van der Waals surface area contributed by atoms with Crippen LogP contribution in [0.1, 0.15) is 62.0 Å². The first-order chi connectivity index (χ1) is 15.6. The van der Waals surface area contributed by atoms with Gasteiger partial charge in [0.25, 0.3) is 0 Å². The average Bonchev–Trinajstić information content (AvgIpc) is 2.84. The topological polar surface area (TPSA) is 40.5 Å². The maximum absolute atomic E-state index is 13.8. The van der Waals surface area contributed by atoms with E-state index >= 15 is 0 Å². The van der Waals surface area contributed by atoms with Crippen molar-refractivity contribution < 1.29 is 9.90 Å². The van der Waals surface area contributed by atoms with Crippen LogP contribution >= 0.6 is 0 Å². The van der Waals surface area contributed by atoms with Gasteiger partial charge < -0.3 is 10.0 Å². The third-order valence-electron chi connectivity index (χ3n) is 9.65. The number of carbonyl (C=O) groups is 1. The molecule has 4 bridgehead atoms. The number of aliphatic hydroxyl groups excluding tert-OH is 1. The molecule has 1 aliphatic heterocycles. The lowest BCUT2D eigenvalue weighted by Crippen LogP contribution is -2.61. The predicted molar refractivity (Wildman–Crippen MR) is 126 cm³/mol. The van der Waals surface area contributed by atoms with Gasteiger partial charge >= 0.3 is 0 Å². The summed E-state index contributed by atoms with van der Waals surface area (Å²) in [6.07, 6.45) is 7.04. The lowest BCUT2D eigenvalue weighted by molar-refractivity contribution is -0.153. The molecule has 1 amide bonds. The second-order valence-corrected chi connectivity index (χ2v) is 11.0. The molecule has 1 saturated heterocycles. The molecule has 1 N–H and O–H groups in total. The number of hydrogen-bond donors (Lipinski definition) is 1. The molecule has 3 nitrogen and oxygen atoms in total. The van der Waals surface area contributed by atoms with Crippen LogP contribution in [0.15, 0.2) is 60.7 Å². The lowest BCUT2D eigenvalue weighted by atomic mass is 9.42. The highest BCUT2D eigenvalue weighted by Gasteiger charge is 2.61. The Hall–Kier alpha value is -2.13. The molecule has 0 atom stereocenters. The predicted octanol–water partition coefficient (Wildman–Crippen LogP) is 5.15. The van der Waals surface area contributed by atoms with Crippen LogP contribution in [0.5, 0.6) is 0 Å². The number of piperidine rings is 1. The standard InChI is InChI=1S/C29H35NO2/c31-27(30-13-11-21(12-14-30)20-7-3-1-4-8-20)19-29(24-9-5-2-6-10-24)25-15-22-16-26(29)18-23(17-25)28(22)32/h1-10,21-23,25-26,28,32H,11-19H2.